The average Bonchev–Trinajstić information content (AvgIpc) is 3.07. The predicted molar refractivity (Wildman–Crippen MR) is 111 cm³/mol. The lowest BCUT2D eigenvalue weighted by molar-refractivity contribution is -0.115. The molecule has 27 heavy (non-hydrogen) atoms. The van der Waals surface area contributed by atoms with Gasteiger partial charge < -0.3 is 5.32 Å². The third kappa shape index (κ3) is 3.88. The van der Waals surface area contributed by atoms with Gasteiger partial charge in [-0.15, -0.1) is 0 Å². The second-order valence-corrected chi connectivity index (χ2v) is 7.57. The molecule has 0 aliphatic heterocycles. The first-order valence-electron chi connectivity index (χ1n) is 8.76. The highest BCUT2D eigenvalue weighted by Gasteiger charge is 2.10. The Bertz CT molecular complexity index is 1100. The lowest BCUT2D eigenvalue weighted by atomic mass is 10.1. The van der Waals surface area contributed by atoms with Crippen LogP contribution in [0.4, 0.5) is 5.69 Å². The maximum atomic E-state index is 12.4. The number of hydrogen-bond acceptors (Lipinski definition) is 4. The fourth-order valence-electron chi connectivity index (χ4n) is 3.03. The minimum Gasteiger partial charge on any atom is -0.326 e. The van der Waals surface area contributed by atoms with Crippen LogP contribution in [-0.2, 0) is 11.2 Å². The Morgan fingerprint density at radius 2 is 1.96 bits per heavy atom. The van der Waals surface area contributed by atoms with Gasteiger partial charge in [0.05, 0.1) is 6.42 Å². The number of amides is 1. The number of aryl methyl sites for hydroxylation is 2. The molecule has 2 aromatic carbocycles. The summed E-state index contributed by atoms with van der Waals surface area (Å²) in [5, 5.41) is 3.95. The van der Waals surface area contributed by atoms with Crippen molar-refractivity contribution >= 4 is 33.3 Å². The number of carbonyl (C=O) groups excluding carboxylic acids is 1. The third-order valence-corrected chi connectivity index (χ3v) is 5.39. The molecule has 1 amide bonds. The number of nitrogens with one attached hydrogen (secondary N) is 1. The van der Waals surface area contributed by atoms with E-state index in [0.717, 1.165) is 43.3 Å². The van der Waals surface area contributed by atoms with E-state index in [1.807, 2.05) is 62.4 Å². The van der Waals surface area contributed by atoms with Crippen LogP contribution in [0.2, 0.25) is 0 Å². The molecule has 0 saturated carbocycles. The quantitative estimate of drug-likeness (QED) is 0.538. The molecule has 4 aromatic rings. The maximum Gasteiger partial charge on any atom is 0.228 e. The van der Waals surface area contributed by atoms with E-state index in [0.29, 0.717) is 6.42 Å². The molecule has 0 bridgehead atoms. The first-order chi connectivity index (χ1) is 13.1. The molecule has 0 aliphatic rings. The summed E-state index contributed by atoms with van der Waals surface area (Å²) in [6.07, 6.45) is 2.15. The van der Waals surface area contributed by atoms with Crippen molar-refractivity contribution in [2.75, 3.05) is 5.32 Å². The van der Waals surface area contributed by atoms with Crippen LogP contribution in [0.25, 0.3) is 20.9 Å². The summed E-state index contributed by atoms with van der Waals surface area (Å²) in [7, 11) is 0. The zero-order valence-corrected chi connectivity index (χ0v) is 16.0. The highest BCUT2D eigenvalue weighted by atomic mass is 32.1. The van der Waals surface area contributed by atoms with E-state index in [-0.39, 0.29) is 5.91 Å². The van der Waals surface area contributed by atoms with Crippen molar-refractivity contribution in [2.24, 2.45) is 0 Å². The largest absolute Gasteiger partial charge is 0.326 e. The Balaban J connectivity index is 1.52. The van der Waals surface area contributed by atoms with Crippen molar-refractivity contribution in [1.82, 2.24) is 9.97 Å². The Labute approximate surface area is 161 Å². The lowest BCUT2D eigenvalue weighted by Crippen LogP contribution is -2.15. The topological polar surface area (TPSA) is 54.9 Å². The molecule has 0 atom stereocenters. The number of aromatic nitrogens is 2. The van der Waals surface area contributed by atoms with Crippen LogP contribution in [0.1, 0.15) is 16.7 Å². The van der Waals surface area contributed by atoms with Gasteiger partial charge in [-0.3, -0.25) is 4.79 Å². The summed E-state index contributed by atoms with van der Waals surface area (Å²) in [6, 6.07) is 17.9. The van der Waals surface area contributed by atoms with Gasteiger partial charge in [-0.25, -0.2) is 9.97 Å². The molecule has 0 unspecified atom stereocenters. The van der Waals surface area contributed by atoms with E-state index >= 15 is 0 Å². The molecule has 2 heterocycles. The Hall–Kier alpha value is -3.05. The normalized spacial score (nSPS) is 10.9. The summed E-state index contributed by atoms with van der Waals surface area (Å²) in [5.74, 6) is -0.0133. The fourth-order valence-corrected chi connectivity index (χ4v) is 3.94. The van der Waals surface area contributed by atoms with Crippen LogP contribution in [-0.4, -0.2) is 15.9 Å². The summed E-state index contributed by atoms with van der Waals surface area (Å²) in [5.41, 5.74) is 5.96. The zero-order chi connectivity index (χ0) is 18.8. The molecule has 0 radical (unpaired) electrons. The standard InChI is InChI=1S/C22H19N3OS/c1-14-5-3-6-16(11-14)13-20(26)24-18-9-8-17(12-15(18)2)21-25-19-7-4-10-23-22(19)27-21/h3-12H,13H2,1-2H3,(H,24,26). The number of thiazole rings is 1. The van der Waals surface area contributed by atoms with Crippen molar-refractivity contribution < 1.29 is 4.79 Å². The molecule has 1 N–H and O–H groups in total. The van der Waals surface area contributed by atoms with Crippen molar-refractivity contribution in [3.8, 4) is 10.6 Å². The Morgan fingerprint density at radius 3 is 2.74 bits per heavy atom. The highest BCUT2D eigenvalue weighted by Crippen LogP contribution is 2.31. The molecule has 0 aliphatic carbocycles. The molecule has 5 heteroatoms. The van der Waals surface area contributed by atoms with Crippen molar-refractivity contribution in [3.05, 3.63) is 77.5 Å². The van der Waals surface area contributed by atoms with Crippen LogP contribution in [0, 0.1) is 13.8 Å². The molecule has 0 spiro atoms. The Morgan fingerprint density at radius 1 is 1.07 bits per heavy atom. The van der Waals surface area contributed by atoms with Gasteiger partial charge in [0.2, 0.25) is 5.91 Å². The van der Waals surface area contributed by atoms with E-state index in [4.69, 9.17) is 0 Å². The smallest absolute Gasteiger partial charge is 0.228 e. The van der Waals surface area contributed by atoms with Gasteiger partial charge in [0.25, 0.3) is 0 Å². The first-order valence-corrected chi connectivity index (χ1v) is 9.58. The monoisotopic (exact) mass is 373 g/mol. The number of pyridine rings is 1. The Kier molecular flexibility index (Phi) is 4.69. The molecule has 134 valence electrons. The van der Waals surface area contributed by atoms with E-state index < -0.39 is 0 Å². The van der Waals surface area contributed by atoms with E-state index in [1.165, 1.54) is 0 Å². The van der Waals surface area contributed by atoms with Crippen LogP contribution in [0.3, 0.4) is 0 Å². The molecule has 2 aromatic heterocycles. The number of benzene rings is 2. The minimum absolute atomic E-state index is 0.0133. The maximum absolute atomic E-state index is 12.4. The van der Waals surface area contributed by atoms with E-state index in [9.17, 15) is 4.79 Å². The molecule has 0 fully saturated rings. The van der Waals surface area contributed by atoms with Gasteiger partial charge in [0.1, 0.15) is 15.4 Å². The van der Waals surface area contributed by atoms with Gasteiger partial charge in [0, 0.05) is 17.4 Å². The lowest BCUT2D eigenvalue weighted by Gasteiger charge is -2.10. The second-order valence-electron chi connectivity index (χ2n) is 6.59. The number of fused-ring (bicyclic) bond motifs is 1. The van der Waals surface area contributed by atoms with Crippen LogP contribution in [0.15, 0.2) is 60.8 Å². The fraction of sp³-hybridized carbons (Fsp3) is 0.136. The van der Waals surface area contributed by atoms with E-state index in [1.54, 1.807) is 17.5 Å². The van der Waals surface area contributed by atoms with Gasteiger partial charge in [-0.1, -0.05) is 41.2 Å². The molecule has 0 saturated heterocycles. The summed E-state index contributed by atoms with van der Waals surface area (Å²) >= 11 is 1.57. The van der Waals surface area contributed by atoms with Gasteiger partial charge in [-0.05, 0) is 55.3 Å². The van der Waals surface area contributed by atoms with Gasteiger partial charge in [-0.2, -0.15) is 0 Å². The van der Waals surface area contributed by atoms with Crippen LogP contribution in [0.5, 0.6) is 0 Å². The highest BCUT2D eigenvalue weighted by molar-refractivity contribution is 7.21. The van der Waals surface area contributed by atoms with Crippen molar-refractivity contribution in [1.29, 1.82) is 0 Å². The number of carbonyl (C=O) groups is 1. The number of nitrogens with zero attached hydrogens (tertiary/aromatic N) is 2. The zero-order valence-electron chi connectivity index (χ0n) is 15.2. The molecular weight excluding hydrogens is 354 g/mol. The molecule has 4 nitrogen and oxygen atoms in total. The van der Waals surface area contributed by atoms with E-state index in [2.05, 4.69) is 21.4 Å². The average molecular weight is 373 g/mol. The van der Waals surface area contributed by atoms with Gasteiger partial charge >= 0.3 is 0 Å². The van der Waals surface area contributed by atoms with Crippen molar-refractivity contribution in [2.45, 2.75) is 20.3 Å². The summed E-state index contributed by atoms with van der Waals surface area (Å²) < 4.78 is 0. The summed E-state index contributed by atoms with van der Waals surface area (Å²) in [6.45, 7) is 4.03. The van der Waals surface area contributed by atoms with Crippen LogP contribution < -0.4 is 5.32 Å². The molecular formula is C22H19N3OS. The first kappa shape index (κ1) is 17.4. The summed E-state index contributed by atoms with van der Waals surface area (Å²) in [4.78, 5) is 22.3. The van der Waals surface area contributed by atoms with Gasteiger partial charge in [0.15, 0.2) is 0 Å². The predicted octanol–water partition coefficient (Wildman–Crippen LogP) is 5.16. The second kappa shape index (κ2) is 7.29. The number of hydrogen-bond donors (Lipinski definition) is 1. The van der Waals surface area contributed by atoms with Crippen molar-refractivity contribution in [3.63, 3.8) is 0 Å². The third-order valence-electron chi connectivity index (χ3n) is 4.36. The minimum atomic E-state index is -0.0133. The number of anilines is 1. The number of rotatable bonds is 4. The SMILES string of the molecule is Cc1cccc(CC(=O)Nc2ccc(-c3nc4cccnc4s3)cc2C)c1. The molecule has 4 rings (SSSR count). The van der Waals surface area contributed by atoms with Crippen LogP contribution >= 0.6 is 11.3 Å².